The molecule has 0 saturated carbocycles. The Morgan fingerprint density at radius 3 is 3.36 bits per heavy atom. The van der Waals surface area contributed by atoms with Gasteiger partial charge in [-0.1, -0.05) is 0 Å². The third kappa shape index (κ3) is 1.55. The Hall–Kier alpha value is -0.880. The van der Waals surface area contributed by atoms with Crippen LogP contribution in [0.4, 0.5) is 0 Å². The van der Waals surface area contributed by atoms with Crippen molar-refractivity contribution >= 4 is 21.9 Å². The van der Waals surface area contributed by atoms with Crippen molar-refractivity contribution in [3.8, 4) is 0 Å². The highest BCUT2D eigenvalue weighted by atomic mass is 79.9. The van der Waals surface area contributed by atoms with Crippen molar-refractivity contribution in [2.75, 3.05) is 13.7 Å². The zero-order valence-electron chi connectivity index (χ0n) is 7.57. The first-order valence-electron chi connectivity index (χ1n) is 4.12. The lowest BCUT2D eigenvalue weighted by atomic mass is 10.2. The van der Waals surface area contributed by atoms with Crippen molar-refractivity contribution in [1.82, 2.24) is 9.78 Å². The monoisotopic (exact) mass is 260 g/mol. The number of nitrogens with zero attached hydrogens (tertiary/aromatic N) is 2. The van der Waals surface area contributed by atoms with Gasteiger partial charge in [-0.05, 0) is 22.0 Å². The van der Waals surface area contributed by atoms with Gasteiger partial charge >= 0.3 is 5.97 Å². The number of methoxy groups -OCH3 is 1. The van der Waals surface area contributed by atoms with E-state index < -0.39 is 6.04 Å². The number of hydrogen-bond donors (Lipinski definition) is 0. The van der Waals surface area contributed by atoms with E-state index in [0.717, 1.165) is 5.69 Å². The predicted molar refractivity (Wildman–Crippen MR) is 50.6 cm³/mol. The molecule has 1 aliphatic heterocycles. The zero-order valence-corrected chi connectivity index (χ0v) is 9.15. The quantitative estimate of drug-likeness (QED) is 0.704. The maximum absolute atomic E-state index is 11.4. The molecule has 14 heavy (non-hydrogen) atoms. The van der Waals surface area contributed by atoms with Gasteiger partial charge in [0, 0.05) is 0 Å². The molecule has 2 heterocycles. The molecule has 6 heteroatoms. The average molecular weight is 261 g/mol. The van der Waals surface area contributed by atoms with E-state index in [0.29, 0.717) is 17.8 Å². The van der Waals surface area contributed by atoms with E-state index in [1.165, 1.54) is 7.11 Å². The van der Waals surface area contributed by atoms with Gasteiger partial charge in [-0.3, -0.25) is 0 Å². The summed E-state index contributed by atoms with van der Waals surface area (Å²) < 4.78 is 12.3. The van der Waals surface area contributed by atoms with E-state index >= 15 is 0 Å². The molecule has 0 amide bonds. The largest absolute Gasteiger partial charge is 0.467 e. The molecular weight excluding hydrogens is 252 g/mol. The maximum atomic E-state index is 11.4. The van der Waals surface area contributed by atoms with Crippen LogP contribution in [0.1, 0.15) is 11.7 Å². The molecule has 0 fully saturated rings. The summed E-state index contributed by atoms with van der Waals surface area (Å²) in [6.45, 7) is 0.792. The molecule has 0 aliphatic carbocycles. The molecule has 0 bridgehead atoms. The maximum Gasteiger partial charge on any atom is 0.333 e. The number of carbonyl (C=O) groups excluding carboxylic acids is 1. The third-order valence-electron chi connectivity index (χ3n) is 2.08. The van der Waals surface area contributed by atoms with E-state index in [1.807, 2.05) is 6.07 Å². The highest BCUT2D eigenvalue weighted by Gasteiger charge is 2.28. The topological polar surface area (TPSA) is 53.4 Å². The number of esters is 1. The van der Waals surface area contributed by atoms with Gasteiger partial charge in [-0.25, -0.2) is 9.48 Å². The summed E-state index contributed by atoms with van der Waals surface area (Å²) in [6, 6.07) is 1.37. The average Bonchev–Trinajstić information content (AvgIpc) is 2.56. The van der Waals surface area contributed by atoms with E-state index in [1.54, 1.807) is 4.68 Å². The number of ether oxygens (including phenoxy) is 2. The van der Waals surface area contributed by atoms with Gasteiger partial charge in [0.2, 0.25) is 0 Å². The van der Waals surface area contributed by atoms with Gasteiger partial charge in [-0.15, -0.1) is 0 Å². The summed E-state index contributed by atoms with van der Waals surface area (Å²) in [6.07, 6.45) is 0. The van der Waals surface area contributed by atoms with E-state index in [4.69, 9.17) is 4.74 Å². The first-order valence-corrected chi connectivity index (χ1v) is 4.91. The lowest BCUT2D eigenvalue weighted by Gasteiger charge is -2.22. The van der Waals surface area contributed by atoms with Crippen molar-refractivity contribution < 1.29 is 14.3 Å². The summed E-state index contributed by atoms with van der Waals surface area (Å²) in [5.74, 6) is -0.332. The highest BCUT2D eigenvalue weighted by Crippen LogP contribution is 2.22. The van der Waals surface area contributed by atoms with Gasteiger partial charge in [0.05, 0.1) is 26.0 Å². The minimum Gasteiger partial charge on any atom is -0.467 e. The number of aromatic nitrogens is 2. The van der Waals surface area contributed by atoms with Gasteiger partial charge in [0.15, 0.2) is 6.04 Å². The van der Waals surface area contributed by atoms with Crippen molar-refractivity contribution in [2.24, 2.45) is 0 Å². The van der Waals surface area contributed by atoms with Crippen LogP contribution in [0.3, 0.4) is 0 Å². The molecular formula is C8H9BrN2O3. The van der Waals surface area contributed by atoms with Crippen LogP contribution in [0.15, 0.2) is 10.7 Å². The molecule has 5 nitrogen and oxygen atoms in total. The van der Waals surface area contributed by atoms with E-state index in [2.05, 4.69) is 25.8 Å². The molecule has 2 rings (SSSR count). The lowest BCUT2D eigenvalue weighted by Crippen LogP contribution is -2.31. The highest BCUT2D eigenvalue weighted by molar-refractivity contribution is 9.10. The number of fused-ring (bicyclic) bond motifs is 1. The van der Waals surface area contributed by atoms with Gasteiger partial charge in [0.1, 0.15) is 4.60 Å². The molecule has 0 saturated heterocycles. The first-order chi connectivity index (χ1) is 6.72. The number of rotatable bonds is 1. The Bertz CT molecular complexity index is 363. The molecule has 0 aromatic carbocycles. The minimum atomic E-state index is -0.463. The summed E-state index contributed by atoms with van der Waals surface area (Å²) in [5, 5.41) is 4.15. The fraction of sp³-hybridized carbons (Fsp3) is 0.500. The Balaban J connectivity index is 2.34. The van der Waals surface area contributed by atoms with Crippen LogP contribution >= 0.6 is 15.9 Å². The second-order valence-corrected chi connectivity index (χ2v) is 3.77. The SMILES string of the molecule is COC(=O)C1COCc2cc(Br)nn21. The summed E-state index contributed by atoms with van der Waals surface area (Å²) in [4.78, 5) is 11.4. The van der Waals surface area contributed by atoms with Crippen molar-refractivity contribution in [3.63, 3.8) is 0 Å². The predicted octanol–water partition coefficient (Wildman–Crippen LogP) is 0.890. The Morgan fingerprint density at radius 1 is 1.86 bits per heavy atom. The van der Waals surface area contributed by atoms with Crippen LogP contribution in [0, 0.1) is 0 Å². The summed E-state index contributed by atoms with van der Waals surface area (Å²) in [7, 11) is 1.36. The molecule has 1 atom stereocenters. The molecule has 1 aliphatic rings. The normalized spacial score (nSPS) is 20.3. The second-order valence-electron chi connectivity index (χ2n) is 2.96. The Kier molecular flexibility index (Phi) is 2.56. The molecule has 0 radical (unpaired) electrons. The number of halogens is 1. The van der Waals surface area contributed by atoms with E-state index in [-0.39, 0.29) is 5.97 Å². The Morgan fingerprint density at radius 2 is 2.64 bits per heavy atom. The third-order valence-corrected chi connectivity index (χ3v) is 2.46. The van der Waals surface area contributed by atoms with E-state index in [9.17, 15) is 4.79 Å². The second kappa shape index (κ2) is 3.70. The summed E-state index contributed by atoms with van der Waals surface area (Å²) >= 11 is 3.25. The molecule has 0 spiro atoms. The molecule has 0 N–H and O–H groups in total. The Labute approximate surface area is 89.1 Å². The molecule has 1 aromatic heterocycles. The van der Waals surface area contributed by atoms with Crippen LogP contribution in [-0.2, 0) is 20.9 Å². The minimum absolute atomic E-state index is 0.313. The number of hydrogen-bond acceptors (Lipinski definition) is 4. The fourth-order valence-electron chi connectivity index (χ4n) is 1.43. The fourth-order valence-corrected chi connectivity index (χ4v) is 1.86. The first kappa shape index (κ1) is 9.67. The van der Waals surface area contributed by atoms with Gasteiger partial charge in [-0.2, -0.15) is 5.10 Å². The lowest BCUT2D eigenvalue weighted by molar-refractivity contribution is -0.148. The van der Waals surface area contributed by atoms with Crippen molar-refractivity contribution in [1.29, 1.82) is 0 Å². The van der Waals surface area contributed by atoms with Crippen LogP contribution in [-0.4, -0.2) is 29.5 Å². The zero-order chi connectivity index (χ0) is 10.1. The van der Waals surface area contributed by atoms with Gasteiger partial charge < -0.3 is 9.47 Å². The number of carbonyl (C=O) groups is 1. The van der Waals surface area contributed by atoms with Gasteiger partial charge in [0.25, 0.3) is 0 Å². The molecule has 76 valence electrons. The van der Waals surface area contributed by atoms with Crippen LogP contribution in [0.25, 0.3) is 0 Å². The smallest absolute Gasteiger partial charge is 0.333 e. The standard InChI is InChI=1S/C8H9BrN2O3/c1-13-8(12)6-4-14-3-5-2-7(9)10-11(5)6/h2,6H,3-4H2,1H3. The van der Waals surface area contributed by atoms with Crippen LogP contribution in [0.2, 0.25) is 0 Å². The summed E-state index contributed by atoms with van der Waals surface area (Å²) in [5.41, 5.74) is 0.874. The van der Waals surface area contributed by atoms with Crippen molar-refractivity contribution in [3.05, 3.63) is 16.4 Å². The van der Waals surface area contributed by atoms with Crippen LogP contribution in [0.5, 0.6) is 0 Å². The molecule has 1 aromatic rings. The molecule has 1 unspecified atom stereocenters. The van der Waals surface area contributed by atoms with Crippen LogP contribution < -0.4 is 0 Å². The van der Waals surface area contributed by atoms with Crippen molar-refractivity contribution in [2.45, 2.75) is 12.6 Å².